The largest absolute Gasteiger partial charge is 0.425 e. The Hall–Kier alpha value is -0.610. The Labute approximate surface area is 89.9 Å². The molecule has 0 aromatic carbocycles. The van der Waals surface area contributed by atoms with Crippen LogP contribution in [0.2, 0.25) is 0 Å². The number of hydrogen-bond donors (Lipinski definition) is 1. The first-order valence-corrected chi connectivity index (χ1v) is 4.72. The highest BCUT2D eigenvalue weighted by Crippen LogP contribution is 2.31. The standard InChI is InChI=1S/C9H15N3O.ClH/c1-7-11-12-8(13-7)9(2)3-5-10-6-4-9;/h10H,3-6H2,1-2H3;1H. The third-order valence-corrected chi connectivity index (χ3v) is 2.75. The fourth-order valence-corrected chi connectivity index (χ4v) is 1.73. The van der Waals surface area contributed by atoms with Crippen molar-refractivity contribution in [3.05, 3.63) is 11.8 Å². The van der Waals surface area contributed by atoms with Gasteiger partial charge < -0.3 is 9.73 Å². The van der Waals surface area contributed by atoms with E-state index >= 15 is 0 Å². The zero-order valence-corrected chi connectivity index (χ0v) is 9.36. The van der Waals surface area contributed by atoms with Gasteiger partial charge in [-0.05, 0) is 25.9 Å². The van der Waals surface area contributed by atoms with Gasteiger partial charge in [0.1, 0.15) is 0 Å². The van der Waals surface area contributed by atoms with Crippen molar-refractivity contribution in [1.29, 1.82) is 0 Å². The van der Waals surface area contributed by atoms with Gasteiger partial charge in [0.15, 0.2) is 0 Å². The van der Waals surface area contributed by atoms with Gasteiger partial charge in [0.05, 0.1) is 0 Å². The van der Waals surface area contributed by atoms with E-state index in [1.807, 2.05) is 6.92 Å². The van der Waals surface area contributed by atoms with Crippen LogP contribution in [0.5, 0.6) is 0 Å². The van der Waals surface area contributed by atoms with Crippen LogP contribution in [-0.4, -0.2) is 23.3 Å². The van der Waals surface area contributed by atoms with E-state index in [2.05, 4.69) is 22.4 Å². The van der Waals surface area contributed by atoms with Crippen LogP contribution in [0.3, 0.4) is 0 Å². The highest BCUT2D eigenvalue weighted by Gasteiger charge is 2.33. The number of aromatic nitrogens is 2. The zero-order chi connectivity index (χ0) is 9.31. The van der Waals surface area contributed by atoms with Crippen molar-refractivity contribution >= 4 is 12.4 Å². The summed E-state index contributed by atoms with van der Waals surface area (Å²) in [5.74, 6) is 1.46. The number of hydrogen-bond acceptors (Lipinski definition) is 4. The van der Waals surface area contributed by atoms with E-state index in [9.17, 15) is 0 Å². The molecule has 1 aromatic heterocycles. The molecule has 14 heavy (non-hydrogen) atoms. The maximum atomic E-state index is 5.48. The van der Waals surface area contributed by atoms with E-state index < -0.39 is 0 Å². The minimum atomic E-state index is 0. The highest BCUT2D eigenvalue weighted by molar-refractivity contribution is 5.85. The second kappa shape index (κ2) is 4.28. The van der Waals surface area contributed by atoms with Crippen molar-refractivity contribution in [2.45, 2.75) is 32.1 Å². The van der Waals surface area contributed by atoms with Crippen LogP contribution in [0.15, 0.2) is 4.42 Å². The Morgan fingerprint density at radius 1 is 1.29 bits per heavy atom. The van der Waals surface area contributed by atoms with E-state index in [1.54, 1.807) is 0 Å². The molecule has 1 aromatic rings. The predicted molar refractivity (Wildman–Crippen MR) is 55.7 cm³/mol. The maximum Gasteiger partial charge on any atom is 0.222 e. The summed E-state index contributed by atoms with van der Waals surface area (Å²) in [4.78, 5) is 0. The summed E-state index contributed by atoms with van der Waals surface area (Å²) in [6, 6.07) is 0. The SMILES string of the molecule is Cc1nnc(C2(C)CCNCC2)o1.Cl. The van der Waals surface area contributed by atoms with Gasteiger partial charge in [0, 0.05) is 12.3 Å². The number of halogens is 1. The first-order chi connectivity index (χ1) is 6.21. The summed E-state index contributed by atoms with van der Waals surface area (Å²) in [5, 5.41) is 11.3. The molecule has 0 saturated carbocycles. The lowest BCUT2D eigenvalue weighted by Crippen LogP contribution is -2.37. The quantitative estimate of drug-likeness (QED) is 0.774. The average Bonchev–Trinajstić information content (AvgIpc) is 2.54. The second-order valence-corrected chi connectivity index (χ2v) is 3.94. The molecule has 1 fully saturated rings. The highest BCUT2D eigenvalue weighted by atomic mass is 35.5. The number of nitrogens with one attached hydrogen (secondary N) is 1. The molecule has 0 bridgehead atoms. The molecular weight excluding hydrogens is 202 g/mol. The average molecular weight is 218 g/mol. The van der Waals surface area contributed by atoms with Crippen molar-refractivity contribution in [2.75, 3.05) is 13.1 Å². The van der Waals surface area contributed by atoms with Gasteiger partial charge >= 0.3 is 0 Å². The smallest absolute Gasteiger partial charge is 0.222 e. The summed E-state index contributed by atoms with van der Waals surface area (Å²) < 4.78 is 5.48. The third-order valence-electron chi connectivity index (χ3n) is 2.75. The van der Waals surface area contributed by atoms with Gasteiger partial charge in [-0.3, -0.25) is 0 Å². The monoisotopic (exact) mass is 217 g/mol. The van der Waals surface area contributed by atoms with Crippen molar-refractivity contribution in [2.24, 2.45) is 0 Å². The molecule has 5 heteroatoms. The lowest BCUT2D eigenvalue weighted by Gasteiger charge is -2.30. The normalized spacial score (nSPS) is 20.1. The van der Waals surface area contributed by atoms with Gasteiger partial charge in [-0.15, -0.1) is 22.6 Å². The van der Waals surface area contributed by atoms with Crippen LogP contribution in [0, 0.1) is 6.92 Å². The molecule has 80 valence electrons. The maximum absolute atomic E-state index is 5.48. The number of rotatable bonds is 1. The Balaban J connectivity index is 0.000000980. The lowest BCUT2D eigenvalue weighted by atomic mass is 9.81. The Bertz CT molecular complexity index is 294. The first-order valence-electron chi connectivity index (χ1n) is 4.72. The summed E-state index contributed by atoms with van der Waals surface area (Å²) in [6.45, 7) is 6.11. The van der Waals surface area contributed by atoms with Crippen LogP contribution in [0.25, 0.3) is 0 Å². The number of piperidine rings is 1. The minimum absolute atomic E-state index is 0. The Morgan fingerprint density at radius 3 is 2.43 bits per heavy atom. The van der Waals surface area contributed by atoms with Crippen LogP contribution < -0.4 is 5.32 Å². The molecule has 0 amide bonds. The van der Waals surface area contributed by atoms with Crippen LogP contribution in [-0.2, 0) is 5.41 Å². The number of aryl methyl sites for hydroxylation is 1. The first kappa shape index (κ1) is 11.5. The molecule has 1 N–H and O–H groups in total. The Kier molecular flexibility index (Phi) is 3.50. The molecule has 0 radical (unpaired) electrons. The molecular formula is C9H16ClN3O. The fourth-order valence-electron chi connectivity index (χ4n) is 1.73. The summed E-state index contributed by atoms with van der Waals surface area (Å²) in [5.41, 5.74) is 0.0898. The summed E-state index contributed by atoms with van der Waals surface area (Å²) in [7, 11) is 0. The van der Waals surface area contributed by atoms with Crippen LogP contribution in [0.1, 0.15) is 31.5 Å². The predicted octanol–water partition coefficient (Wildman–Crippen LogP) is 1.44. The molecule has 0 aliphatic carbocycles. The van der Waals surface area contributed by atoms with Crippen molar-refractivity contribution < 1.29 is 4.42 Å². The second-order valence-electron chi connectivity index (χ2n) is 3.94. The van der Waals surface area contributed by atoms with Crippen LogP contribution in [0.4, 0.5) is 0 Å². The van der Waals surface area contributed by atoms with Crippen LogP contribution >= 0.6 is 12.4 Å². The topological polar surface area (TPSA) is 51.0 Å². The van der Waals surface area contributed by atoms with Gasteiger partial charge in [0.25, 0.3) is 0 Å². The molecule has 2 rings (SSSR count). The molecule has 0 unspecified atom stereocenters. The lowest BCUT2D eigenvalue weighted by molar-refractivity contribution is 0.265. The summed E-state index contributed by atoms with van der Waals surface area (Å²) >= 11 is 0. The fraction of sp³-hybridized carbons (Fsp3) is 0.778. The van der Waals surface area contributed by atoms with Gasteiger partial charge in [-0.25, -0.2) is 0 Å². The summed E-state index contributed by atoms with van der Waals surface area (Å²) in [6.07, 6.45) is 2.16. The molecule has 4 nitrogen and oxygen atoms in total. The molecule has 1 aliphatic rings. The Morgan fingerprint density at radius 2 is 1.93 bits per heavy atom. The van der Waals surface area contributed by atoms with E-state index in [0.717, 1.165) is 31.8 Å². The van der Waals surface area contributed by atoms with Crippen molar-refractivity contribution in [3.8, 4) is 0 Å². The van der Waals surface area contributed by atoms with Crippen molar-refractivity contribution in [1.82, 2.24) is 15.5 Å². The molecule has 2 heterocycles. The molecule has 1 aliphatic heterocycles. The van der Waals surface area contributed by atoms with Gasteiger partial charge in [-0.2, -0.15) is 0 Å². The zero-order valence-electron chi connectivity index (χ0n) is 8.54. The van der Waals surface area contributed by atoms with E-state index in [0.29, 0.717) is 5.89 Å². The molecule has 0 spiro atoms. The third kappa shape index (κ3) is 2.07. The molecule has 1 saturated heterocycles. The molecule has 0 atom stereocenters. The van der Waals surface area contributed by atoms with Gasteiger partial charge in [-0.1, -0.05) is 6.92 Å². The van der Waals surface area contributed by atoms with Gasteiger partial charge in [0.2, 0.25) is 11.8 Å². The van der Waals surface area contributed by atoms with E-state index in [-0.39, 0.29) is 17.8 Å². The van der Waals surface area contributed by atoms with Crippen molar-refractivity contribution in [3.63, 3.8) is 0 Å². The van der Waals surface area contributed by atoms with E-state index in [1.165, 1.54) is 0 Å². The minimum Gasteiger partial charge on any atom is -0.425 e. The number of nitrogens with zero attached hydrogens (tertiary/aromatic N) is 2. The van der Waals surface area contributed by atoms with E-state index in [4.69, 9.17) is 4.42 Å².